The highest BCUT2D eigenvalue weighted by atomic mass is 16.3. The van der Waals surface area contributed by atoms with E-state index in [1.54, 1.807) is 6.20 Å². The number of pyridine rings is 1. The average Bonchev–Trinajstić information content (AvgIpc) is 3.74. The number of benzene rings is 6. The number of aromatic nitrogens is 5. The van der Waals surface area contributed by atoms with Crippen molar-refractivity contribution in [2.45, 2.75) is 0 Å². The van der Waals surface area contributed by atoms with Crippen LogP contribution in [0, 0.1) is 0 Å². The SMILES string of the molecule is c1ccc(-c2nc(-c3cc(-c4ccc5c(c4)c4ccccc4n5-c4ccccc4)c4c(c3)oc3ccccc34)nc(-c3ccccn3)n2)cc1. The Morgan fingerprint density at radius 3 is 1.94 bits per heavy atom. The maximum absolute atomic E-state index is 6.54. The van der Waals surface area contributed by atoms with Crippen LogP contribution >= 0.6 is 0 Å². The highest BCUT2D eigenvalue weighted by Gasteiger charge is 2.20. The van der Waals surface area contributed by atoms with Crippen molar-refractivity contribution in [3.05, 3.63) is 164 Å². The van der Waals surface area contributed by atoms with Crippen LogP contribution in [-0.2, 0) is 0 Å². The molecule has 0 aliphatic heterocycles. The zero-order chi connectivity index (χ0) is 33.0. The summed E-state index contributed by atoms with van der Waals surface area (Å²) >= 11 is 0. The lowest BCUT2D eigenvalue weighted by atomic mass is 9.95. The Kier molecular flexibility index (Phi) is 6.39. The number of nitrogens with zero attached hydrogens (tertiary/aromatic N) is 5. The number of hydrogen-bond acceptors (Lipinski definition) is 5. The highest BCUT2D eigenvalue weighted by Crippen LogP contribution is 2.42. The predicted octanol–water partition coefficient (Wildman–Crippen LogP) is 10.9. The van der Waals surface area contributed by atoms with Crippen LogP contribution < -0.4 is 0 Å². The van der Waals surface area contributed by atoms with Crippen LogP contribution in [-0.4, -0.2) is 24.5 Å². The topological polar surface area (TPSA) is 69.6 Å². The van der Waals surface area contributed by atoms with E-state index in [1.807, 2.05) is 66.7 Å². The minimum Gasteiger partial charge on any atom is -0.456 e. The van der Waals surface area contributed by atoms with E-state index in [2.05, 4.69) is 101 Å². The number of rotatable bonds is 5. The summed E-state index contributed by atoms with van der Waals surface area (Å²) in [5.74, 6) is 1.64. The first-order chi connectivity index (χ1) is 24.8. The molecule has 0 unspecified atom stereocenters. The van der Waals surface area contributed by atoms with Crippen molar-refractivity contribution in [2.75, 3.05) is 0 Å². The van der Waals surface area contributed by atoms with Crippen molar-refractivity contribution in [2.24, 2.45) is 0 Å². The first-order valence-electron chi connectivity index (χ1n) is 16.6. The molecule has 4 heterocycles. The lowest BCUT2D eigenvalue weighted by Gasteiger charge is -2.11. The van der Waals surface area contributed by atoms with Gasteiger partial charge in [0.1, 0.15) is 16.9 Å². The zero-order valence-corrected chi connectivity index (χ0v) is 26.7. The molecule has 6 heteroatoms. The minimum atomic E-state index is 0.510. The van der Waals surface area contributed by atoms with Gasteiger partial charge >= 0.3 is 0 Å². The fourth-order valence-electron chi connectivity index (χ4n) is 7.04. The molecule has 0 saturated carbocycles. The summed E-state index contributed by atoms with van der Waals surface area (Å²) in [5, 5.41) is 4.49. The molecule has 0 aliphatic rings. The fourth-order valence-corrected chi connectivity index (χ4v) is 7.04. The summed E-state index contributed by atoms with van der Waals surface area (Å²) in [5.41, 5.74) is 9.58. The van der Waals surface area contributed by atoms with E-state index in [0.717, 1.165) is 55.4 Å². The molecule has 10 aromatic rings. The second-order valence-corrected chi connectivity index (χ2v) is 12.3. The zero-order valence-electron chi connectivity index (χ0n) is 26.7. The maximum atomic E-state index is 6.54. The van der Waals surface area contributed by atoms with Crippen molar-refractivity contribution >= 4 is 43.7 Å². The molecule has 0 radical (unpaired) electrons. The molecule has 4 aromatic heterocycles. The fraction of sp³-hybridized carbons (Fsp3) is 0. The molecule has 0 atom stereocenters. The minimum absolute atomic E-state index is 0.510. The first kappa shape index (κ1) is 28.1. The molecule has 0 spiro atoms. The van der Waals surface area contributed by atoms with Crippen LogP contribution in [0.1, 0.15) is 0 Å². The Balaban J connectivity index is 1.24. The van der Waals surface area contributed by atoms with Gasteiger partial charge in [0.15, 0.2) is 17.5 Å². The smallest absolute Gasteiger partial charge is 0.182 e. The molecule has 0 fully saturated rings. The van der Waals surface area contributed by atoms with Gasteiger partial charge in [0.25, 0.3) is 0 Å². The second kappa shape index (κ2) is 11.4. The van der Waals surface area contributed by atoms with Gasteiger partial charge in [-0.05, 0) is 71.8 Å². The predicted molar refractivity (Wildman–Crippen MR) is 201 cm³/mol. The molecule has 234 valence electrons. The van der Waals surface area contributed by atoms with Gasteiger partial charge in [0.2, 0.25) is 0 Å². The molecule has 6 aromatic carbocycles. The van der Waals surface area contributed by atoms with Crippen molar-refractivity contribution in [3.8, 4) is 51.1 Å². The van der Waals surface area contributed by atoms with E-state index in [1.165, 1.54) is 16.3 Å². The van der Waals surface area contributed by atoms with E-state index >= 15 is 0 Å². The van der Waals surface area contributed by atoms with Crippen molar-refractivity contribution in [1.82, 2.24) is 24.5 Å². The molecule has 50 heavy (non-hydrogen) atoms. The maximum Gasteiger partial charge on any atom is 0.182 e. The van der Waals surface area contributed by atoms with Gasteiger partial charge in [-0.2, -0.15) is 0 Å². The van der Waals surface area contributed by atoms with Crippen LogP contribution in [0.15, 0.2) is 168 Å². The third-order valence-corrected chi connectivity index (χ3v) is 9.30. The molecule has 6 nitrogen and oxygen atoms in total. The Morgan fingerprint density at radius 1 is 0.440 bits per heavy atom. The van der Waals surface area contributed by atoms with Gasteiger partial charge in [-0.15, -0.1) is 0 Å². The van der Waals surface area contributed by atoms with E-state index in [4.69, 9.17) is 19.4 Å². The van der Waals surface area contributed by atoms with Crippen LogP contribution in [0.2, 0.25) is 0 Å². The lowest BCUT2D eigenvalue weighted by Crippen LogP contribution is -2.01. The summed E-state index contributed by atoms with van der Waals surface area (Å²) in [6, 6.07) is 54.1. The quantitative estimate of drug-likeness (QED) is 0.187. The van der Waals surface area contributed by atoms with Crippen molar-refractivity contribution < 1.29 is 4.42 Å². The van der Waals surface area contributed by atoms with Gasteiger partial charge in [0, 0.05) is 44.6 Å². The Morgan fingerprint density at radius 2 is 1.12 bits per heavy atom. The van der Waals surface area contributed by atoms with Gasteiger partial charge in [0.05, 0.1) is 11.0 Å². The van der Waals surface area contributed by atoms with Crippen LogP contribution in [0.5, 0.6) is 0 Å². The summed E-state index contributed by atoms with van der Waals surface area (Å²) in [6.45, 7) is 0. The Hall–Kier alpha value is -6.92. The number of fused-ring (bicyclic) bond motifs is 6. The molecule has 0 N–H and O–H groups in total. The van der Waals surface area contributed by atoms with Gasteiger partial charge in [-0.3, -0.25) is 4.98 Å². The third-order valence-electron chi connectivity index (χ3n) is 9.30. The lowest BCUT2D eigenvalue weighted by molar-refractivity contribution is 0.669. The molecule has 0 amide bonds. The Labute approximate surface area is 287 Å². The molecule has 0 bridgehead atoms. The van der Waals surface area contributed by atoms with E-state index in [-0.39, 0.29) is 0 Å². The monoisotopic (exact) mass is 641 g/mol. The van der Waals surface area contributed by atoms with E-state index < -0.39 is 0 Å². The summed E-state index contributed by atoms with van der Waals surface area (Å²) in [4.78, 5) is 19.4. The van der Waals surface area contributed by atoms with Gasteiger partial charge < -0.3 is 8.98 Å². The summed E-state index contributed by atoms with van der Waals surface area (Å²) in [6.07, 6.45) is 1.75. The van der Waals surface area contributed by atoms with Gasteiger partial charge in [-0.1, -0.05) is 97.1 Å². The standard InChI is InChI=1S/C44H27N5O/c1-3-13-28(14-4-1)42-46-43(48-44(47-42)36-19-11-12-24-45-36)30-26-34(41-33-18-8-10-21-39(33)50-40(41)27-30)29-22-23-38-35(25-29)32-17-7-9-20-37(32)49(38)31-15-5-2-6-16-31/h1-27H. The molecule has 10 rings (SSSR count). The number of para-hydroxylation sites is 3. The Bertz CT molecular complexity index is 2800. The molecular formula is C44H27N5O. The second-order valence-electron chi connectivity index (χ2n) is 12.3. The van der Waals surface area contributed by atoms with Crippen LogP contribution in [0.4, 0.5) is 0 Å². The normalized spacial score (nSPS) is 11.6. The number of hydrogen-bond donors (Lipinski definition) is 0. The van der Waals surface area contributed by atoms with Crippen molar-refractivity contribution in [3.63, 3.8) is 0 Å². The molecular weight excluding hydrogens is 615 g/mol. The molecule has 0 saturated heterocycles. The van der Waals surface area contributed by atoms with Gasteiger partial charge in [-0.25, -0.2) is 15.0 Å². The summed E-state index contributed by atoms with van der Waals surface area (Å²) in [7, 11) is 0. The van der Waals surface area contributed by atoms with Crippen LogP contribution in [0.3, 0.4) is 0 Å². The highest BCUT2D eigenvalue weighted by molar-refractivity contribution is 6.16. The van der Waals surface area contributed by atoms with Crippen LogP contribution in [0.25, 0.3) is 94.9 Å². The van der Waals surface area contributed by atoms with Crippen molar-refractivity contribution in [1.29, 1.82) is 0 Å². The largest absolute Gasteiger partial charge is 0.456 e. The first-order valence-corrected chi connectivity index (χ1v) is 16.6. The average molecular weight is 642 g/mol. The number of furan rings is 1. The van der Waals surface area contributed by atoms with E-state index in [9.17, 15) is 0 Å². The summed E-state index contributed by atoms with van der Waals surface area (Å²) < 4.78 is 8.87. The van der Waals surface area contributed by atoms with E-state index in [0.29, 0.717) is 23.2 Å². The molecule has 0 aliphatic carbocycles. The third kappa shape index (κ3) is 4.58.